The summed E-state index contributed by atoms with van der Waals surface area (Å²) in [5.74, 6) is 0. The Hall–Kier alpha value is -1.74. The Morgan fingerprint density at radius 1 is 0.842 bits per heavy atom. The van der Waals surface area contributed by atoms with Crippen LogP contribution >= 0.6 is 0 Å². The van der Waals surface area contributed by atoms with Crippen LogP contribution in [0.2, 0.25) is 0 Å². The molecule has 0 bridgehead atoms. The fourth-order valence-electron chi connectivity index (χ4n) is 2.66. The van der Waals surface area contributed by atoms with Gasteiger partial charge < -0.3 is 14.4 Å². The maximum Gasteiger partial charge on any atom is 0.0450 e. The average Bonchev–Trinajstić information content (AvgIpc) is 3.02. The zero-order chi connectivity index (χ0) is 13.1. The third kappa shape index (κ3) is 2.66. The van der Waals surface area contributed by atoms with Crippen LogP contribution in [0.4, 0.5) is 5.69 Å². The number of benzene rings is 1. The maximum atomic E-state index is 2.50. The molecule has 1 aliphatic rings. The largest absolute Gasteiger partial charge is 0.369 e. The normalized spacial score (nSPS) is 16.8. The van der Waals surface area contributed by atoms with Crippen molar-refractivity contribution in [3.8, 4) is 5.69 Å². The summed E-state index contributed by atoms with van der Waals surface area (Å²) >= 11 is 0. The fraction of sp³-hybridized carbons (Fsp3) is 0.375. The fourth-order valence-corrected chi connectivity index (χ4v) is 2.66. The van der Waals surface area contributed by atoms with E-state index >= 15 is 0 Å². The van der Waals surface area contributed by atoms with Gasteiger partial charge in [0.05, 0.1) is 0 Å². The molecule has 0 unspecified atom stereocenters. The first kappa shape index (κ1) is 12.3. The Balaban J connectivity index is 1.70. The zero-order valence-electron chi connectivity index (χ0n) is 11.5. The van der Waals surface area contributed by atoms with Crippen molar-refractivity contribution in [1.29, 1.82) is 0 Å². The lowest BCUT2D eigenvalue weighted by Crippen LogP contribution is -2.46. The van der Waals surface area contributed by atoms with Crippen molar-refractivity contribution in [2.24, 2.45) is 0 Å². The van der Waals surface area contributed by atoms with Gasteiger partial charge in [0.15, 0.2) is 0 Å². The number of piperazine rings is 1. The molecule has 1 aromatic heterocycles. The Bertz CT molecular complexity index is 493. The monoisotopic (exact) mass is 255 g/mol. The van der Waals surface area contributed by atoms with E-state index in [-0.39, 0.29) is 0 Å². The van der Waals surface area contributed by atoms with Crippen molar-refractivity contribution >= 4 is 5.69 Å². The second-order valence-corrected chi connectivity index (χ2v) is 5.03. The summed E-state index contributed by atoms with van der Waals surface area (Å²) in [5.41, 5.74) is 2.56. The molecule has 0 radical (unpaired) electrons. The summed E-state index contributed by atoms with van der Waals surface area (Å²) in [6, 6.07) is 13.0. The van der Waals surface area contributed by atoms with Crippen molar-refractivity contribution in [2.45, 2.75) is 6.92 Å². The van der Waals surface area contributed by atoms with E-state index in [1.165, 1.54) is 31.0 Å². The first-order chi connectivity index (χ1) is 9.36. The summed E-state index contributed by atoms with van der Waals surface area (Å²) < 4.78 is 2.14. The third-order valence-electron chi connectivity index (χ3n) is 3.94. The van der Waals surface area contributed by atoms with Crippen LogP contribution < -0.4 is 4.90 Å². The SMILES string of the molecule is CCN1CCN(c2ccc(-n3cccc3)cc2)CC1. The van der Waals surface area contributed by atoms with Crippen LogP contribution in [0, 0.1) is 0 Å². The van der Waals surface area contributed by atoms with E-state index in [4.69, 9.17) is 0 Å². The lowest BCUT2D eigenvalue weighted by Gasteiger charge is -2.35. The summed E-state index contributed by atoms with van der Waals surface area (Å²) in [5, 5.41) is 0. The van der Waals surface area contributed by atoms with Crippen LogP contribution in [0.25, 0.3) is 5.69 Å². The van der Waals surface area contributed by atoms with Crippen molar-refractivity contribution < 1.29 is 0 Å². The van der Waals surface area contributed by atoms with Crippen LogP contribution in [0.3, 0.4) is 0 Å². The molecule has 0 aliphatic carbocycles. The van der Waals surface area contributed by atoms with Crippen molar-refractivity contribution in [3.63, 3.8) is 0 Å². The second-order valence-electron chi connectivity index (χ2n) is 5.03. The van der Waals surface area contributed by atoms with Gasteiger partial charge in [-0.05, 0) is 42.9 Å². The molecule has 0 atom stereocenters. The van der Waals surface area contributed by atoms with Gasteiger partial charge in [-0.2, -0.15) is 0 Å². The van der Waals surface area contributed by atoms with E-state index in [1.807, 2.05) is 0 Å². The summed E-state index contributed by atoms with van der Waals surface area (Å²) in [6.07, 6.45) is 4.16. The van der Waals surface area contributed by atoms with Crippen LogP contribution in [0.5, 0.6) is 0 Å². The maximum absolute atomic E-state index is 2.50. The molecule has 3 heteroatoms. The minimum absolute atomic E-state index is 1.14. The summed E-state index contributed by atoms with van der Waals surface area (Å²) in [4.78, 5) is 4.98. The molecule has 2 aromatic rings. The van der Waals surface area contributed by atoms with Crippen LogP contribution in [-0.2, 0) is 0 Å². The molecule has 2 heterocycles. The highest BCUT2D eigenvalue weighted by molar-refractivity contribution is 5.51. The Labute approximate surface area is 115 Å². The Morgan fingerprint density at radius 2 is 1.42 bits per heavy atom. The predicted molar refractivity (Wildman–Crippen MR) is 80.1 cm³/mol. The molecular weight excluding hydrogens is 234 g/mol. The van der Waals surface area contributed by atoms with Crippen molar-refractivity contribution in [3.05, 3.63) is 48.8 Å². The number of likely N-dealkylation sites (N-methyl/N-ethyl adjacent to an activating group) is 1. The average molecular weight is 255 g/mol. The molecule has 100 valence electrons. The minimum Gasteiger partial charge on any atom is -0.369 e. The first-order valence-electron chi connectivity index (χ1n) is 7.07. The second kappa shape index (κ2) is 5.49. The highest BCUT2D eigenvalue weighted by Crippen LogP contribution is 2.19. The topological polar surface area (TPSA) is 11.4 Å². The lowest BCUT2D eigenvalue weighted by molar-refractivity contribution is 0.271. The Morgan fingerprint density at radius 3 is 2.00 bits per heavy atom. The predicted octanol–water partition coefficient (Wildman–Crippen LogP) is 2.62. The van der Waals surface area contributed by atoms with E-state index in [0.29, 0.717) is 0 Å². The van der Waals surface area contributed by atoms with E-state index < -0.39 is 0 Å². The highest BCUT2D eigenvalue weighted by atomic mass is 15.3. The Kier molecular flexibility index (Phi) is 3.56. The number of nitrogens with zero attached hydrogens (tertiary/aromatic N) is 3. The van der Waals surface area contributed by atoms with Crippen LogP contribution in [0.1, 0.15) is 6.92 Å². The van der Waals surface area contributed by atoms with Gasteiger partial charge in [0.25, 0.3) is 0 Å². The smallest absolute Gasteiger partial charge is 0.0450 e. The first-order valence-corrected chi connectivity index (χ1v) is 7.07. The number of rotatable bonds is 3. The van der Waals surface area contributed by atoms with Crippen molar-refractivity contribution in [1.82, 2.24) is 9.47 Å². The number of anilines is 1. The zero-order valence-corrected chi connectivity index (χ0v) is 11.5. The standard InChI is InChI=1S/C16H21N3/c1-2-17-11-13-19(14-12-17)16-7-5-15(6-8-16)18-9-3-4-10-18/h3-10H,2,11-14H2,1H3. The summed E-state index contributed by atoms with van der Waals surface area (Å²) in [7, 11) is 0. The number of hydrogen-bond donors (Lipinski definition) is 0. The van der Waals surface area contributed by atoms with Crippen LogP contribution in [0.15, 0.2) is 48.8 Å². The third-order valence-corrected chi connectivity index (χ3v) is 3.94. The van der Waals surface area contributed by atoms with E-state index in [2.05, 4.69) is 70.1 Å². The van der Waals surface area contributed by atoms with Crippen LogP contribution in [-0.4, -0.2) is 42.2 Å². The number of hydrogen-bond acceptors (Lipinski definition) is 2. The molecule has 0 saturated carbocycles. The highest BCUT2D eigenvalue weighted by Gasteiger charge is 2.15. The molecule has 0 N–H and O–H groups in total. The molecule has 19 heavy (non-hydrogen) atoms. The van der Waals surface area contributed by atoms with E-state index in [1.54, 1.807) is 0 Å². The molecule has 1 aliphatic heterocycles. The van der Waals surface area contributed by atoms with Gasteiger partial charge in [-0.3, -0.25) is 0 Å². The van der Waals surface area contributed by atoms with E-state index in [0.717, 1.165) is 13.1 Å². The molecule has 1 aromatic carbocycles. The van der Waals surface area contributed by atoms with Gasteiger partial charge >= 0.3 is 0 Å². The van der Waals surface area contributed by atoms with Gasteiger partial charge in [0.2, 0.25) is 0 Å². The van der Waals surface area contributed by atoms with Gasteiger partial charge in [-0.25, -0.2) is 0 Å². The molecule has 3 nitrogen and oxygen atoms in total. The minimum atomic E-state index is 1.14. The molecular formula is C16H21N3. The van der Waals surface area contributed by atoms with Gasteiger partial charge in [-0.1, -0.05) is 6.92 Å². The van der Waals surface area contributed by atoms with Gasteiger partial charge in [-0.15, -0.1) is 0 Å². The molecule has 1 fully saturated rings. The van der Waals surface area contributed by atoms with Crippen molar-refractivity contribution in [2.75, 3.05) is 37.6 Å². The summed E-state index contributed by atoms with van der Waals surface area (Å²) in [6.45, 7) is 8.03. The molecule has 1 saturated heterocycles. The lowest BCUT2D eigenvalue weighted by atomic mass is 10.2. The molecule has 0 spiro atoms. The quantitative estimate of drug-likeness (QED) is 0.835. The molecule has 3 rings (SSSR count). The molecule has 0 amide bonds. The van der Waals surface area contributed by atoms with Gasteiger partial charge in [0.1, 0.15) is 0 Å². The van der Waals surface area contributed by atoms with Gasteiger partial charge in [0, 0.05) is 49.9 Å². The number of aromatic nitrogens is 1. The van der Waals surface area contributed by atoms with E-state index in [9.17, 15) is 0 Å².